The third-order valence-corrected chi connectivity index (χ3v) is 5.04. The number of nitrogen functional groups attached to an aromatic ring is 1. The van der Waals surface area contributed by atoms with Gasteiger partial charge in [-0.15, -0.1) is 0 Å². The Bertz CT molecular complexity index is 798. The molecule has 25 heavy (non-hydrogen) atoms. The first kappa shape index (κ1) is 18.1. The second kappa shape index (κ2) is 7.28. The smallest absolute Gasteiger partial charge is 0.140 e. The van der Waals surface area contributed by atoms with Crippen molar-refractivity contribution in [1.82, 2.24) is 0 Å². The summed E-state index contributed by atoms with van der Waals surface area (Å²) in [5.74, 6) is 0.745. The molecule has 2 aromatic carbocycles. The normalized spacial score (nSPS) is 16.4. The Morgan fingerprint density at radius 2 is 1.88 bits per heavy atom. The van der Waals surface area contributed by atoms with Crippen LogP contribution in [0.3, 0.4) is 0 Å². The van der Waals surface area contributed by atoms with E-state index in [9.17, 15) is 0 Å². The van der Waals surface area contributed by atoms with Crippen LogP contribution in [-0.2, 0) is 10.3 Å². The van der Waals surface area contributed by atoms with Gasteiger partial charge in [0.1, 0.15) is 11.4 Å². The molecule has 0 unspecified atom stereocenters. The molecule has 3 nitrogen and oxygen atoms in total. The van der Waals surface area contributed by atoms with Gasteiger partial charge in [-0.1, -0.05) is 35.8 Å². The molecule has 0 amide bonds. The highest BCUT2D eigenvalue weighted by Gasteiger charge is 2.39. The summed E-state index contributed by atoms with van der Waals surface area (Å²) in [7, 11) is 0. The number of ether oxygens (including phenoxy) is 2. The highest BCUT2D eigenvalue weighted by molar-refractivity contribution is 6.35. The quantitative estimate of drug-likeness (QED) is 0.695. The third-order valence-electron chi connectivity index (χ3n) is 4.49. The third kappa shape index (κ3) is 3.79. The lowest BCUT2D eigenvalue weighted by atomic mass is 9.85. The summed E-state index contributed by atoms with van der Waals surface area (Å²) < 4.78 is 12.1. The Kier molecular flexibility index (Phi) is 5.28. The predicted octanol–water partition coefficient (Wildman–Crippen LogP) is 5.69. The maximum absolute atomic E-state index is 6.57. The Morgan fingerprint density at radius 3 is 2.52 bits per heavy atom. The second-order valence-electron chi connectivity index (χ2n) is 6.37. The largest absolute Gasteiger partial charge is 0.482 e. The van der Waals surface area contributed by atoms with Gasteiger partial charge in [0, 0.05) is 39.7 Å². The van der Waals surface area contributed by atoms with Gasteiger partial charge in [0.05, 0.1) is 13.2 Å². The molecular formula is C20H21Cl2NO2. The van der Waals surface area contributed by atoms with Crippen molar-refractivity contribution in [2.45, 2.75) is 25.4 Å². The van der Waals surface area contributed by atoms with Gasteiger partial charge in [0.15, 0.2) is 0 Å². The highest BCUT2D eigenvalue weighted by Crippen LogP contribution is 2.43. The van der Waals surface area contributed by atoms with Crippen LogP contribution in [-0.4, -0.2) is 13.2 Å². The maximum Gasteiger partial charge on any atom is 0.140 e. The van der Waals surface area contributed by atoms with E-state index < -0.39 is 5.60 Å². The van der Waals surface area contributed by atoms with E-state index in [1.165, 1.54) is 0 Å². The summed E-state index contributed by atoms with van der Waals surface area (Å²) in [5, 5.41) is 1.20. The van der Waals surface area contributed by atoms with E-state index >= 15 is 0 Å². The fraction of sp³-hybridized carbons (Fsp3) is 0.300. The molecule has 1 aliphatic rings. The fourth-order valence-electron chi connectivity index (χ4n) is 3.17. The van der Waals surface area contributed by atoms with E-state index in [1.807, 2.05) is 37.3 Å². The summed E-state index contributed by atoms with van der Waals surface area (Å²) in [4.78, 5) is 0. The monoisotopic (exact) mass is 377 g/mol. The number of rotatable bonds is 4. The molecule has 0 aromatic heterocycles. The number of benzene rings is 2. The standard InChI is InChI=1S/C20H21Cl2NO2/c1-13(2)16-12-15(23)4-6-19(16)25-20(7-9-24-10-8-20)17-5-3-14(21)11-18(17)22/h3-6,11-12H,1,7-10,23H2,2H3. The maximum atomic E-state index is 6.57. The molecule has 0 spiro atoms. The summed E-state index contributed by atoms with van der Waals surface area (Å²) in [6.45, 7) is 7.19. The van der Waals surface area contributed by atoms with Gasteiger partial charge in [0.25, 0.3) is 0 Å². The zero-order chi connectivity index (χ0) is 18.0. The summed E-state index contributed by atoms with van der Waals surface area (Å²) >= 11 is 12.6. The van der Waals surface area contributed by atoms with Crippen molar-refractivity contribution in [3.8, 4) is 5.75 Å². The fourth-order valence-corrected chi connectivity index (χ4v) is 3.75. The molecule has 2 N–H and O–H groups in total. The van der Waals surface area contributed by atoms with Crippen LogP contribution >= 0.6 is 23.2 Å². The molecule has 1 heterocycles. The van der Waals surface area contributed by atoms with Gasteiger partial charge in [-0.2, -0.15) is 0 Å². The van der Waals surface area contributed by atoms with Crippen LogP contribution in [0.4, 0.5) is 5.69 Å². The lowest BCUT2D eigenvalue weighted by Gasteiger charge is -2.39. The Morgan fingerprint density at radius 1 is 1.16 bits per heavy atom. The van der Waals surface area contributed by atoms with E-state index in [1.54, 1.807) is 6.07 Å². The molecule has 0 atom stereocenters. The number of nitrogens with two attached hydrogens (primary N) is 1. The zero-order valence-electron chi connectivity index (χ0n) is 14.1. The second-order valence-corrected chi connectivity index (χ2v) is 7.21. The number of halogens is 2. The zero-order valence-corrected chi connectivity index (χ0v) is 15.7. The van der Waals surface area contributed by atoms with Crippen LogP contribution in [0.15, 0.2) is 43.0 Å². The molecule has 132 valence electrons. The summed E-state index contributed by atoms with van der Waals surface area (Å²) in [6.07, 6.45) is 1.41. The van der Waals surface area contributed by atoms with Crippen LogP contribution in [0.25, 0.3) is 5.57 Å². The van der Waals surface area contributed by atoms with Crippen molar-refractivity contribution in [3.05, 3.63) is 64.1 Å². The predicted molar refractivity (Wildman–Crippen MR) is 104 cm³/mol. The van der Waals surface area contributed by atoms with Gasteiger partial charge in [-0.3, -0.25) is 0 Å². The summed E-state index contributed by atoms with van der Waals surface area (Å²) in [5.41, 5.74) is 8.76. The molecule has 1 aliphatic heterocycles. The van der Waals surface area contributed by atoms with Crippen LogP contribution in [0.1, 0.15) is 30.9 Å². The lowest BCUT2D eigenvalue weighted by Crippen LogP contribution is -2.39. The van der Waals surface area contributed by atoms with Crippen molar-refractivity contribution < 1.29 is 9.47 Å². The molecule has 2 aromatic rings. The summed E-state index contributed by atoms with van der Waals surface area (Å²) in [6, 6.07) is 11.1. The Labute approximate surface area is 158 Å². The van der Waals surface area contributed by atoms with Gasteiger partial charge in [-0.25, -0.2) is 0 Å². The topological polar surface area (TPSA) is 44.5 Å². The number of hydrogen-bond acceptors (Lipinski definition) is 3. The lowest BCUT2D eigenvalue weighted by molar-refractivity contribution is -0.0501. The SMILES string of the molecule is C=C(C)c1cc(N)ccc1OC1(c2ccc(Cl)cc2Cl)CCOCC1. The minimum Gasteiger partial charge on any atom is -0.482 e. The van der Waals surface area contributed by atoms with E-state index in [0.29, 0.717) is 41.8 Å². The van der Waals surface area contributed by atoms with Gasteiger partial charge < -0.3 is 15.2 Å². The first-order chi connectivity index (χ1) is 11.9. The first-order valence-corrected chi connectivity index (χ1v) is 8.94. The van der Waals surface area contributed by atoms with Crippen LogP contribution < -0.4 is 10.5 Å². The number of hydrogen-bond donors (Lipinski definition) is 1. The first-order valence-electron chi connectivity index (χ1n) is 8.19. The van der Waals surface area contributed by atoms with Crippen molar-refractivity contribution in [2.24, 2.45) is 0 Å². The molecular weight excluding hydrogens is 357 g/mol. The molecule has 0 aliphatic carbocycles. The Hall–Kier alpha value is -1.68. The molecule has 5 heteroatoms. The van der Waals surface area contributed by atoms with Gasteiger partial charge in [-0.05, 0) is 42.8 Å². The molecule has 3 rings (SSSR count). The van der Waals surface area contributed by atoms with Gasteiger partial charge >= 0.3 is 0 Å². The average molecular weight is 378 g/mol. The van der Waals surface area contributed by atoms with Crippen LogP contribution in [0.5, 0.6) is 5.75 Å². The average Bonchev–Trinajstić information content (AvgIpc) is 2.57. The molecule has 0 saturated carbocycles. The van der Waals surface area contributed by atoms with Crippen molar-refractivity contribution in [3.63, 3.8) is 0 Å². The molecule has 1 fully saturated rings. The van der Waals surface area contributed by atoms with E-state index in [-0.39, 0.29) is 0 Å². The molecule has 0 radical (unpaired) electrons. The number of anilines is 1. The highest BCUT2D eigenvalue weighted by atomic mass is 35.5. The van der Waals surface area contributed by atoms with Crippen molar-refractivity contribution in [1.29, 1.82) is 0 Å². The van der Waals surface area contributed by atoms with E-state index in [0.717, 1.165) is 22.4 Å². The number of allylic oxidation sites excluding steroid dienone is 1. The molecule has 0 bridgehead atoms. The van der Waals surface area contributed by atoms with Crippen molar-refractivity contribution >= 4 is 34.5 Å². The van der Waals surface area contributed by atoms with Crippen LogP contribution in [0.2, 0.25) is 10.0 Å². The minimum absolute atomic E-state index is 0.569. The van der Waals surface area contributed by atoms with E-state index in [2.05, 4.69) is 6.58 Å². The van der Waals surface area contributed by atoms with E-state index in [4.69, 9.17) is 38.4 Å². The van der Waals surface area contributed by atoms with Crippen molar-refractivity contribution in [2.75, 3.05) is 18.9 Å². The molecule has 1 saturated heterocycles. The van der Waals surface area contributed by atoms with Crippen LogP contribution in [0, 0.1) is 0 Å². The minimum atomic E-state index is -0.569. The van der Waals surface area contributed by atoms with Gasteiger partial charge in [0.2, 0.25) is 0 Å². The Balaban J connectivity index is 2.07.